The molecule has 0 radical (unpaired) electrons. The fourth-order valence-corrected chi connectivity index (χ4v) is 4.97. The highest BCUT2D eigenvalue weighted by Crippen LogP contribution is 2.40. The Morgan fingerprint density at radius 3 is 2.59 bits per heavy atom. The summed E-state index contributed by atoms with van der Waals surface area (Å²) in [6, 6.07) is 17.8. The van der Waals surface area contributed by atoms with E-state index in [1.807, 2.05) is 54.6 Å². The molecule has 0 aliphatic carbocycles. The third-order valence-corrected chi connectivity index (χ3v) is 6.92. The molecule has 6 nitrogen and oxygen atoms in total. The molecule has 0 aromatic heterocycles. The van der Waals surface area contributed by atoms with E-state index in [0.29, 0.717) is 39.1 Å². The van der Waals surface area contributed by atoms with Gasteiger partial charge in [-0.3, -0.25) is 4.79 Å². The smallest absolute Gasteiger partial charge is 0.409 e. The second-order valence-corrected chi connectivity index (χ2v) is 9.75. The van der Waals surface area contributed by atoms with Crippen LogP contribution in [0.2, 0.25) is 0 Å². The maximum Gasteiger partial charge on any atom is 0.409 e. The van der Waals surface area contributed by atoms with Crippen LogP contribution in [-0.2, 0) is 32.0 Å². The van der Waals surface area contributed by atoms with Crippen molar-refractivity contribution in [1.82, 2.24) is 4.90 Å². The van der Waals surface area contributed by atoms with E-state index in [1.165, 1.54) is 7.11 Å². The number of likely N-dealkylation sites (tertiary alicyclic amines) is 1. The molecule has 184 valence electrons. The van der Waals surface area contributed by atoms with E-state index in [0.717, 1.165) is 28.4 Å². The van der Waals surface area contributed by atoms with Gasteiger partial charge in [-0.25, -0.2) is 4.79 Å². The van der Waals surface area contributed by atoms with Crippen LogP contribution >= 0.6 is 15.9 Å². The Bertz CT molecular complexity index is 938. The zero-order valence-electron chi connectivity index (χ0n) is 20.0. The van der Waals surface area contributed by atoms with Crippen molar-refractivity contribution in [3.05, 3.63) is 70.2 Å². The normalized spacial score (nSPS) is 17.3. The molecule has 2 aromatic carbocycles. The number of benzene rings is 2. The average molecular weight is 532 g/mol. The van der Waals surface area contributed by atoms with Gasteiger partial charge in [0.25, 0.3) is 0 Å². The van der Waals surface area contributed by atoms with E-state index in [-0.39, 0.29) is 24.6 Å². The molecule has 0 spiro atoms. The van der Waals surface area contributed by atoms with E-state index >= 15 is 0 Å². The summed E-state index contributed by atoms with van der Waals surface area (Å²) in [6.07, 6.45) is 2.62. The Hall–Kier alpha value is -2.38. The Balaban J connectivity index is 1.82. The summed E-state index contributed by atoms with van der Waals surface area (Å²) < 4.78 is 17.9. The number of amides is 1. The van der Waals surface area contributed by atoms with Crippen LogP contribution in [0.15, 0.2) is 59.1 Å². The molecule has 1 fully saturated rings. The zero-order valence-corrected chi connectivity index (χ0v) is 21.6. The lowest BCUT2D eigenvalue weighted by molar-refractivity contribution is -0.162. The topological polar surface area (TPSA) is 65.1 Å². The molecular formula is C27H34BrNO5. The zero-order chi connectivity index (χ0) is 24.4. The van der Waals surface area contributed by atoms with Gasteiger partial charge in [0.15, 0.2) is 0 Å². The molecule has 0 saturated carbocycles. The molecule has 2 aromatic rings. The number of hydrogen-bond donors (Lipinski definition) is 0. The minimum atomic E-state index is -0.928. The van der Waals surface area contributed by atoms with Crippen LogP contribution in [-0.4, -0.2) is 50.4 Å². The minimum absolute atomic E-state index is 0.117. The third-order valence-electron chi connectivity index (χ3n) is 6.42. The minimum Gasteiger partial charge on any atom is -0.469 e. The van der Waals surface area contributed by atoms with Crippen molar-refractivity contribution in [3.8, 4) is 0 Å². The summed E-state index contributed by atoms with van der Waals surface area (Å²) >= 11 is 3.53. The molecule has 3 rings (SSSR count). The maximum atomic E-state index is 13.4. The van der Waals surface area contributed by atoms with E-state index in [2.05, 4.69) is 22.9 Å². The fraction of sp³-hybridized carbons (Fsp3) is 0.481. The predicted molar refractivity (Wildman–Crippen MR) is 134 cm³/mol. The highest BCUT2D eigenvalue weighted by molar-refractivity contribution is 9.10. The van der Waals surface area contributed by atoms with Gasteiger partial charge in [0.1, 0.15) is 0 Å². The molecule has 0 bridgehead atoms. The Labute approximate surface area is 210 Å². The van der Waals surface area contributed by atoms with Gasteiger partial charge in [-0.2, -0.15) is 0 Å². The number of nitrogens with zero attached hydrogens (tertiary/aromatic N) is 1. The predicted octanol–water partition coefficient (Wildman–Crippen LogP) is 5.63. The summed E-state index contributed by atoms with van der Waals surface area (Å²) in [7, 11) is 1.42. The molecule has 1 amide bonds. The van der Waals surface area contributed by atoms with Crippen LogP contribution in [0, 0.1) is 11.3 Å². The maximum absolute atomic E-state index is 13.4. The fourth-order valence-electron chi connectivity index (χ4n) is 4.52. The Kier molecular flexibility index (Phi) is 9.96. The Morgan fingerprint density at radius 1 is 1.12 bits per heavy atom. The van der Waals surface area contributed by atoms with E-state index in [1.54, 1.807) is 4.90 Å². The molecule has 1 unspecified atom stereocenters. The molecule has 1 aliphatic rings. The van der Waals surface area contributed by atoms with Gasteiger partial charge in [-0.15, -0.1) is 0 Å². The number of rotatable bonds is 11. The lowest BCUT2D eigenvalue weighted by Crippen LogP contribution is -2.47. The summed E-state index contributed by atoms with van der Waals surface area (Å²) in [5.41, 5.74) is 1.12. The summed E-state index contributed by atoms with van der Waals surface area (Å²) in [4.78, 5) is 27.7. The standard InChI is InChI=1S/C27H34BrNO5/c1-3-4-15-34-26(31)29-14-13-23(18-29)27(25(30)32-2,17-22-11-8-12-24(28)16-22)20-33-19-21-9-6-5-7-10-21/h5-12,16,23H,3-4,13-15,17-20H2,1-2H3/t23-,27?/m0/s1. The largest absolute Gasteiger partial charge is 0.469 e. The SMILES string of the molecule is CCCCOC(=O)N1CC[C@H](C(COCc2ccccc2)(Cc2cccc(Br)c2)C(=O)OC)C1. The van der Waals surface area contributed by atoms with Crippen molar-refractivity contribution in [2.24, 2.45) is 11.3 Å². The molecule has 34 heavy (non-hydrogen) atoms. The van der Waals surface area contributed by atoms with Gasteiger partial charge in [0.2, 0.25) is 0 Å². The van der Waals surface area contributed by atoms with Gasteiger partial charge in [0, 0.05) is 17.6 Å². The van der Waals surface area contributed by atoms with Crippen LogP contribution in [0.3, 0.4) is 0 Å². The van der Waals surface area contributed by atoms with Crippen molar-refractivity contribution in [1.29, 1.82) is 0 Å². The number of ether oxygens (including phenoxy) is 3. The summed E-state index contributed by atoms with van der Waals surface area (Å²) in [5.74, 6) is -0.430. The van der Waals surface area contributed by atoms with E-state index < -0.39 is 5.41 Å². The summed E-state index contributed by atoms with van der Waals surface area (Å²) in [6.45, 7) is 4.05. The molecule has 0 N–H and O–H groups in total. The lowest BCUT2D eigenvalue weighted by atomic mass is 9.71. The highest BCUT2D eigenvalue weighted by atomic mass is 79.9. The van der Waals surface area contributed by atoms with Crippen LogP contribution in [0.5, 0.6) is 0 Å². The van der Waals surface area contributed by atoms with E-state index in [9.17, 15) is 9.59 Å². The average Bonchev–Trinajstić information content (AvgIpc) is 3.35. The first-order valence-corrected chi connectivity index (χ1v) is 12.6. The number of esters is 1. The molecular weight excluding hydrogens is 498 g/mol. The van der Waals surface area contributed by atoms with Crippen molar-refractivity contribution < 1.29 is 23.8 Å². The Morgan fingerprint density at radius 2 is 1.88 bits per heavy atom. The molecule has 7 heteroatoms. The first-order valence-electron chi connectivity index (χ1n) is 11.8. The molecule has 1 heterocycles. The van der Waals surface area contributed by atoms with Crippen LogP contribution in [0.1, 0.15) is 37.3 Å². The molecule has 1 saturated heterocycles. The van der Waals surface area contributed by atoms with Crippen LogP contribution < -0.4 is 0 Å². The van der Waals surface area contributed by atoms with Crippen molar-refractivity contribution in [2.75, 3.05) is 33.4 Å². The van der Waals surface area contributed by atoms with E-state index in [4.69, 9.17) is 14.2 Å². The van der Waals surface area contributed by atoms with Gasteiger partial charge < -0.3 is 19.1 Å². The number of methoxy groups -OCH3 is 1. The quantitative estimate of drug-likeness (QED) is 0.278. The van der Waals surface area contributed by atoms with Gasteiger partial charge >= 0.3 is 12.1 Å². The molecule has 1 aliphatic heterocycles. The van der Waals surface area contributed by atoms with Gasteiger partial charge in [0.05, 0.1) is 32.3 Å². The number of halogens is 1. The molecule has 2 atom stereocenters. The lowest BCUT2D eigenvalue weighted by Gasteiger charge is -2.36. The number of hydrogen-bond acceptors (Lipinski definition) is 5. The van der Waals surface area contributed by atoms with Crippen molar-refractivity contribution in [3.63, 3.8) is 0 Å². The number of unbranched alkanes of at least 4 members (excludes halogenated alkanes) is 1. The van der Waals surface area contributed by atoms with Gasteiger partial charge in [-0.05, 0) is 48.4 Å². The van der Waals surface area contributed by atoms with Crippen LogP contribution in [0.4, 0.5) is 4.79 Å². The van der Waals surface area contributed by atoms with Crippen molar-refractivity contribution >= 4 is 28.0 Å². The van der Waals surface area contributed by atoms with Crippen molar-refractivity contribution in [2.45, 2.75) is 39.2 Å². The first-order chi connectivity index (χ1) is 16.5. The third kappa shape index (κ3) is 6.83. The van der Waals surface area contributed by atoms with Crippen LogP contribution in [0.25, 0.3) is 0 Å². The van der Waals surface area contributed by atoms with Gasteiger partial charge in [-0.1, -0.05) is 71.7 Å². The highest BCUT2D eigenvalue weighted by Gasteiger charge is 2.50. The number of carbonyl (C=O) groups is 2. The summed E-state index contributed by atoms with van der Waals surface area (Å²) in [5, 5.41) is 0. The monoisotopic (exact) mass is 531 g/mol. The number of carbonyl (C=O) groups excluding carboxylic acids is 2. The second kappa shape index (κ2) is 12.9. The first kappa shape index (κ1) is 26.2. The second-order valence-electron chi connectivity index (χ2n) is 8.83.